The Labute approximate surface area is 267 Å². The van der Waals surface area contributed by atoms with Gasteiger partial charge in [0.2, 0.25) is 11.8 Å². The molecular weight excluding hydrogens is 640 g/mol. The van der Waals surface area contributed by atoms with Gasteiger partial charge in [-0.15, -0.1) is 0 Å². The largest absolute Gasteiger partial charge is 0.352 e. The van der Waals surface area contributed by atoms with E-state index < -0.39 is 28.5 Å². The lowest BCUT2D eigenvalue weighted by molar-refractivity contribution is -0.140. The maximum absolute atomic E-state index is 14.2. The zero-order valence-electron chi connectivity index (χ0n) is 23.7. The van der Waals surface area contributed by atoms with Crippen molar-refractivity contribution in [2.45, 2.75) is 64.1 Å². The highest BCUT2D eigenvalue weighted by Crippen LogP contribution is 2.31. The molecule has 42 heavy (non-hydrogen) atoms. The Hall–Kier alpha value is -2.49. The Morgan fingerprint density at radius 2 is 1.48 bits per heavy atom. The third-order valence-corrected chi connectivity index (χ3v) is 9.71. The number of rotatable bonds is 12. The number of amides is 2. The van der Waals surface area contributed by atoms with Crippen LogP contribution in [0.2, 0.25) is 20.1 Å². The van der Waals surface area contributed by atoms with E-state index in [9.17, 15) is 18.0 Å². The number of halogens is 4. The molecule has 3 aromatic carbocycles. The minimum atomic E-state index is -4.26. The van der Waals surface area contributed by atoms with E-state index in [1.165, 1.54) is 35.2 Å². The summed E-state index contributed by atoms with van der Waals surface area (Å²) in [4.78, 5) is 28.9. The lowest BCUT2D eigenvalue weighted by atomic mass is 10.1. The number of aryl methyl sites for hydroxylation is 1. The van der Waals surface area contributed by atoms with Gasteiger partial charge in [-0.3, -0.25) is 13.9 Å². The number of carbonyl (C=O) groups is 2. The van der Waals surface area contributed by atoms with Crippen molar-refractivity contribution in [2.24, 2.45) is 0 Å². The maximum Gasteiger partial charge on any atom is 0.264 e. The SMILES string of the molecule is CC[C@@H](C)NC(=O)[C@H](CC)N(Cc1ccc(Cl)c(Cl)c1)C(=O)CN(c1cc(Cl)cc(Cl)c1)S(=O)(=O)c1ccc(C)cc1. The second-order valence-corrected chi connectivity index (χ2v) is 13.5. The topological polar surface area (TPSA) is 86.8 Å². The predicted octanol–water partition coefficient (Wildman–Crippen LogP) is 7.53. The fourth-order valence-electron chi connectivity index (χ4n) is 4.24. The highest BCUT2D eigenvalue weighted by Gasteiger charge is 2.34. The molecule has 2 amide bonds. The highest BCUT2D eigenvalue weighted by atomic mass is 35.5. The second kappa shape index (κ2) is 14.8. The normalized spacial score (nSPS) is 12.9. The Balaban J connectivity index is 2.11. The van der Waals surface area contributed by atoms with Crippen molar-refractivity contribution in [1.82, 2.24) is 10.2 Å². The van der Waals surface area contributed by atoms with E-state index in [4.69, 9.17) is 46.4 Å². The summed E-state index contributed by atoms with van der Waals surface area (Å²) < 4.78 is 28.9. The first-order valence-corrected chi connectivity index (χ1v) is 16.3. The van der Waals surface area contributed by atoms with Crippen molar-refractivity contribution in [2.75, 3.05) is 10.8 Å². The molecule has 0 unspecified atom stereocenters. The van der Waals surface area contributed by atoms with Crippen molar-refractivity contribution >= 4 is 73.9 Å². The molecule has 2 atom stereocenters. The fourth-order valence-corrected chi connectivity index (χ4v) is 6.48. The predicted molar refractivity (Wildman–Crippen MR) is 171 cm³/mol. The molecule has 1 N–H and O–H groups in total. The average Bonchev–Trinajstić information content (AvgIpc) is 2.92. The molecule has 226 valence electrons. The average molecular weight is 673 g/mol. The summed E-state index contributed by atoms with van der Waals surface area (Å²) in [7, 11) is -4.26. The monoisotopic (exact) mass is 671 g/mol. The Morgan fingerprint density at radius 1 is 0.857 bits per heavy atom. The molecule has 0 saturated carbocycles. The molecule has 0 spiro atoms. The van der Waals surface area contributed by atoms with Gasteiger partial charge in [0.25, 0.3) is 10.0 Å². The van der Waals surface area contributed by atoms with Gasteiger partial charge in [0.05, 0.1) is 20.6 Å². The van der Waals surface area contributed by atoms with E-state index in [1.807, 2.05) is 20.8 Å². The van der Waals surface area contributed by atoms with Crippen LogP contribution in [0.15, 0.2) is 65.6 Å². The molecule has 3 aromatic rings. The molecule has 7 nitrogen and oxygen atoms in total. The van der Waals surface area contributed by atoms with E-state index in [2.05, 4.69) is 5.32 Å². The summed E-state index contributed by atoms with van der Waals surface area (Å²) in [5.41, 5.74) is 1.59. The van der Waals surface area contributed by atoms with E-state index in [-0.39, 0.29) is 50.6 Å². The van der Waals surface area contributed by atoms with Gasteiger partial charge in [0.15, 0.2) is 0 Å². The molecule has 0 radical (unpaired) electrons. The van der Waals surface area contributed by atoms with Crippen molar-refractivity contribution in [3.05, 3.63) is 91.9 Å². The van der Waals surface area contributed by atoms with Crippen LogP contribution in [-0.2, 0) is 26.2 Å². The van der Waals surface area contributed by atoms with Crippen LogP contribution in [0.25, 0.3) is 0 Å². The van der Waals surface area contributed by atoms with Gasteiger partial charge in [0.1, 0.15) is 12.6 Å². The van der Waals surface area contributed by atoms with Crippen LogP contribution in [0.3, 0.4) is 0 Å². The van der Waals surface area contributed by atoms with Gasteiger partial charge in [-0.2, -0.15) is 0 Å². The molecule has 0 aromatic heterocycles. The van der Waals surface area contributed by atoms with Gasteiger partial charge in [-0.25, -0.2) is 8.42 Å². The molecule has 0 aliphatic carbocycles. The third-order valence-electron chi connectivity index (χ3n) is 6.75. The van der Waals surface area contributed by atoms with Gasteiger partial charge in [-0.05, 0) is 74.7 Å². The number of sulfonamides is 1. The van der Waals surface area contributed by atoms with Gasteiger partial charge < -0.3 is 10.2 Å². The maximum atomic E-state index is 14.2. The number of nitrogens with zero attached hydrogens (tertiary/aromatic N) is 2. The first-order valence-electron chi connectivity index (χ1n) is 13.4. The molecule has 0 bridgehead atoms. The summed E-state index contributed by atoms with van der Waals surface area (Å²) in [6.07, 6.45) is 0.976. The zero-order chi connectivity index (χ0) is 31.2. The first kappa shape index (κ1) is 34.0. The van der Waals surface area contributed by atoms with Crippen LogP contribution in [-0.4, -0.2) is 43.8 Å². The van der Waals surface area contributed by atoms with Crippen LogP contribution in [0.4, 0.5) is 5.69 Å². The second-order valence-electron chi connectivity index (χ2n) is 9.96. The van der Waals surface area contributed by atoms with Crippen LogP contribution in [0.5, 0.6) is 0 Å². The summed E-state index contributed by atoms with van der Waals surface area (Å²) in [5.74, 6) is -0.960. The number of benzene rings is 3. The van der Waals surface area contributed by atoms with E-state index in [0.717, 1.165) is 9.87 Å². The van der Waals surface area contributed by atoms with Crippen molar-refractivity contribution in [1.29, 1.82) is 0 Å². The standard InChI is InChI=1S/C30H33Cl4N3O4S/c1-5-20(4)35-30(39)28(6-2)36(17-21-9-12-26(33)27(34)13-21)29(38)18-37(24-15-22(31)14-23(32)16-24)42(40,41)25-10-7-19(3)8-11-25/h7-16,20,28H,5-6,17-18H2,1-4H3,(H,35,39)/t20-,28+/m1/s1. The highest BCUT2D eigenvalue weighted by molar-refractivity contribution is 7.92. The van der Waals surface area contributed by atoms with E-state index >= 15 is 0 Å². The van der Waals surface area contributed by atoms with Crippen LogP contribution < -0.4 is 9.62 Å². The van der Waals surface area contributed by atoms with Crippen molar-refractivity contribution in [3.63, 3.8) is 0 Å². The lowest BCUT2D eigenvalue weighted by Crippen LogP contribution is -2.53. The van der Waals surface area contributed by atoms with Gasteiger partial charge in [-0.1, -0.05) is 84.0 Å². The molecule has 0 saturated heterocycles. The fraction of sp³-hybridized carbons (Fsp3) is 0.333. The molecule has 0 fully saturated rings. The summed E-state index contributed by atoms with van der Waals surface area (Å²) in [6.45, 7) is 6.79. The molecule has 0 aliphatic rings. The van der Waals surface area contributed by atoms with Gasteiger partial charge in [0, 0.05) is 22.6 Å². The zero-order valence-corrected chi connectivity index (χ0v) is 27.5. The number of carbonyl (C=O) groups excluding carboxylic acids is 2. The minimum Gasteiger partial charge on any atom is -0.352 e. The Bertz CT molecular complexity index is 1510. The smallest absolute Gasteiger partial charge is 0.264 e. The summed E-state index contributed by atoms with van der Waals surface area (Å²) in [6, 6.07) is 14.5. The van der Waals surface area contributed by atoms with Crippen LogP contribution in [0, 0.1) is 6.92 Å². The summed E-state index contributed by atoms with van der Waals surface area (Å²) >= 11 is 24.8. The number of anilines is 1. The van der Waals surface area contributed by atoms with E-state index in [1.54, 1.807) is 37.3 Å². The van der Waals surface area contributed by atoms with Crippen molar-refractivity contribution < 1.29 is 18.0 Å². The molecular formula is C30H33Cl4N3O4S. The Morgan fingerprint density at radius 3 is 2.02 bits per heavy atom. The van der Waals surface area contributed by atoms with Crippen LogP contribution >= 0.6 is 46.4 Å². The molecule has 3 rings (SSSR count). The first-order chi connectivity index (χ1) is 19.8. The lowest BCUT2D eigenvalue weighted by Gasteiger charge is -2.34. The van der Waals surface area contributed by atoms with Crippen molar-refractivity contribution in [3.8, 4) is 0 Å². The Kier molecular flexibility index (Phi) is 12.0. The molecule has 0 heterocycles. The molecule has 0 aliphatic heterocycles. The van der Waals surface area contributed by atoms with Gasteiger partial charge >= 0.3 is 0 Å². The molecule has 12 heteroatoms. The quantitative estimate of drug-likeness (QED) is 0.216. The minimum absolute atomic E-state index is 0.0170. The van der Waals surface area contributed by atoms with E-state index in [0.29, 0.717) is 17.0 Å². The third kappa shape index (κ3) is 8.54. The number of nitrogens with one attached hydrogen (secondary N) is 1. The number of hydrogen-bond donors (Lipinski definition) is 1. The van der Waals surface area contributed by atoms with Crippen LogP contribution in [0.1, 0.15) is 44.7 Å². The summed E-state index contributed by atoms with van der Waals surface area (Å²) in [5, 5.41) is 3.96. The number of hydrogen-bond acceptors (Lipinski definition) is 4.